The van der Waals surface area contributed by atoms with Gasteiger partial charge in [0.2, 0.25) is 0 Å². The Balaban J connectivity index is 1.82. The average Bonchev–Trinajstić information content (AvgIpc) is 3.16. The first-order valence-corrected chi connectivity index (χ1v) is 10.9. The Morgan fingerprint density at radius 1 is 1.32 bits per heavy atom. The van der Waals surface area contributed by atoms with Crippen LogP contribution in [0.3, 0.4) is 0 Å². The Labute approximate surface area is 171 Å². The molecule has 1 fully saturated rings. The third kappa shape index (κ3) is 7.17. The van der Waals surface area contributed by atoms with Crippen LogP contribution in [0.25, 0.3) is 0 Å². The van der Waals surface area contributed by atoms with Crippen molar-refractivity contribution in [2.24, 2.45) is 11.8 Å². The molecule has 0 bridgehead atoms. The number of rotatable bonds is 11. The van der Waals surface area contributed by atoms with Gasteiger partial charge in [-0.2, -0.15) is 0 Å². The lowest BCUT2D eigenvalue weighted by Gasteiger charge is -2.19. The van der Waals surface area contributed by atoms with Gasteiger partial charge in [-0.05, 0) is 62.0 Å². The van der Waals surface area contributed by atoms with Gasteiger partial charge in [0.15, 0.2) is 0 Å². The number of carboxylic acids is 1. The predicted molar refractivity (Wildman–Crippen MR) is 111 cm³/mol. The van der Waals surface area contributed by atoms with E-state index in [2.05, 4.69) is 18.4 Å². The molecule has 1 saturated carbocycles. The Kier molecular flexibility index (Phi) is 9.38. The normalized spacial score (nSPS) is 26.4. The molecule has 0 aromatic carbocycles. The molecule has 5 nitrogen and oxygen atoms in total. The zero-order chi connectivity index (χ0) is 20.5. The number of unbranched alkanes of at least 4 members (excludes halogenated alkanes) is 1. The van der Waals surface area contributed by atoms with Crippen LogP contribution in [0.2, 0.25) is 0 Å². The summed E-state index contributed by atoms with van der Waals surface area (Å²) in [5.74, 6) is -1.06. The Morgan fingerprint density at radius 2 is 2.11 bits per heavy atom. The second kappa shape index (κ2) is 11.5. The summed E-state index contributed by atoms with van der Waals surface area (Å²) in [5, 5.41) is 41.5. The van der Waals surface area contributed by atoms with Gasteiger partial charge in [-0.25, -0.2) is 0 Å². The van der Waals surface area contributed by atoms with E-state index in [9.17, 15) is 20.1 Å². The van der Waals surface area contributed by atoms with Gasteiger partial charge in [0, 0.05) is 23.6 Å². The monoisotopic (exact) mass is 408 g/mol. The van der Waals surface area contributed by atoms with E-state index >= 15 is 0 Å². The highest BCUT2D eigenvalue weighted by Crippen LogP contribution is 2.36. The number of hydrogen-bond acceptors (Lipinski definition) is 5. The molecule has 5 atom stereocenters. The minimum Gasteiger partial charge on any atom is -0.481 e. The van der Waals surface area contributed by atoms with E-state index in [0.717, 1.165) is 6.42 Å². The third-order valence-electron chi connectivity index (χ3n) is 5.48. The number of aliphatic hydroxyl groups excluding tert-OH is 3. The van der Waals surface area contributed by atoms with Crippen LogP contribution in [0.5, 0.6) is 0 Å². The summed E-state index contributed by atoms with van der Waals surface area (Å²) >= 11 is 1.71. The molecule has 0 aliphatic heterocycles. The van der Waals surface area contributed by atoms with Crippen molar-refractivity contribution in [2.75, 3.05) is 0 Å². The maximum Gasteiger partial charge on any atom is 0.303 e. The molecule has 4 N–H and O–H groups in total. The van der Waals surface area contributed by atoms with E-state index in [1.165, 1.54) is 10.4 Å². The van der Waals surface area contributed by atoms with Crippen molar-refractivity contribution in [3.8, 4) is 0 Å². The lowest BCUT2D eigenvalue weighted by atomic mass is 9.89. The van der Waals surface area contributed by atoms with Crippen molar-refractivity contribution in [2.45, 2.75) is 70.2 Å². The van der Waals surface area contributed by atoms with Crippen LogP contribution < -0.4 is 0 Å². The molecule has 156 valence electrons. The standard InChI is InChI=1S/C22H32O5S/c1-15-16(12-13-28-15)8-9-17(23)10-11-19-18(20(24)14-21(19)25)6-4-2-3-5-7-22(26)27/h2,4,10-13,17-21,23-25H,3,5-9,14H2,1H3,(H,26,27)/t17-,18+,19+,20-,21+/m0/s1. The van der Waals surface area contributed by atoms with Gasteiger partial charge < -0.3 is 20.4 Å². The SMILES string of the molecule is Cc1sccc1CC[C@H](O)C=C[C@@H]1[C@@H](CC=CCCCC(=O)O)[C@@H](O)C[C@H]1O. The molecule has 0 saturated heterocycles. The fraction of sp³-hybridized carbons (Fsp3) is 0.591. The Bertz CT molecular complexity index is 666. The van der Waals surface area contributed by atoms with Gasteiger partial charge in [0.25, 0.3) is 0 Å². The molecule has 0 spiro atoms. The van der Waals surface area contributed by atoms with Crippen LogP contribution in [-0.4, -0.2) is 44.7 Å². The molecule has 6 heteroatoms. The number of aliphatic carboxylic acids is 1. The molecule has 1 aromatic heterocycles. The fourth-order valence-corrected chi connectivity index (χ4v) is 4.53. The summed E-state index contributed by atoms with van der Waals surface area (Å²) in [6.45, 7) is 2.08. The zero-order valence-electron chi connectivity index (χ0n) is 16.4. The molecular formula is C22H32O5S. The minimum atomic E-state index is -0.791. The molecule has 1 heterocycles. The number of aliphatic hydroxyl groups is 3. The lowest BCUT2D eigenvalue weighted by Crippen LogP contribution is -2.20. The van der Waals surface area contributed by atoms with Crippen molar-refractivity contribution < 1.29 is 25.2 Å². The first-order chi connectivity index (χ1) is 13.4. The van der Waals surface area contributed by atoms with E-state index in [1.807, 2.05) is 18.2 Å². The van der Waals surface area contributed by atoms with Crippen molar-refractivity contribution in [3.05, 3.63) is 46.2 Å². The van der Waals surface area contributed by atoms with Gasteiger partial charge >= 0.3 is 5.97 Å². The quantitative estimate of drug-likeness (QED) is 0.332. The predicted octanol–water partition coefficient (Wildman–Crippen LogP) is 3.47. The molecule has 2 rings (SSSR count). The summed E-state index contributed by atoms with van der Waals surface area (Å²) in [6.07, 6.45) is 9.63. The highest BCUT2D eigenvalue weighted by Gasteiger charge is 2.39. The highest BCUT2D eigenvalue weighted by molar-refractivity contribution is 7.10. The molecule has 0 amide bonds. The van der Waals surface area contributed by atoms with E-state index in [-0.39, 0.29) is 18.3 Å². The molecule has 0 unspecified atom stereocenters. The Morgan fingerprint density at radius 3 is 2.79 bits per heavy atom. The van der Waals surface area contributed by atoms with Crippen LogP contribution >= 0.6 is 11.3 Å². The van der Waals surface area contributed by atoms with Gasteiger partial charge in [-0.15, -0.1) is 11.3 Å². The summed E-state index contributed by atoms with van der Waals surface area (Å²) in [7, 11) is 0. The number of allylic oxidation sites excluding steroid dienone is 2. The molecule has 0 radical (unpaired) electrons. The van der Waals surface area contributed by atoms with Crippen molar-refractivity contribution >= 4 is 17.3 Å². The molecule has 1 aliphatic carbocycles. The molecule has 1 aromatic rings. The molecule has 1 aliphatic rings. The topological polar surface area (TPSA) is 98.0 Å². The number of aryl methyl sites for hydroxylation is 2. The van der Waals surface area contributed by atoms with Crippen LogP contribution in [0.15, 0.2) is 35.8 Å². The summed E-state index contributed by atoms with van der Waals surface area (Å²) in [4.78, 5) is 11.8. The molecule has 28 heavy (non-hydrogen) atoms. The van der Waals surface area contributed by atoms with Gasteiger partial charge in [-0.3, -0.25) is 4.79 Å². The van der Waals surface area contributed by atoms with Crippen LogP contribution in [0, 0.1) is 18.8 Å². The molecular weight excluding hydrogens is 376 g/mol. The summed E-state index contributed by atoms with van der Waals surface area (Å²) in [5.41, 5.74) is 1.26. The number of thiophene rings is 1. The van der Waals surface area contributed by atoms with E-state index < -0.39 is 24.3 Å². The zero-order valence-corrected chi connectivity index (χ0v) is 17.2. The smallest absolute Gasteiger partial charge is 0.303 e. The van der Waals surface area contributed by atoms with Gasteiger partial charge in [0.05, 0.1) is 18.3 Å². The first-order valence-electron chi connectivity index (χ1n) is 10.0. The number of carboxylic acid groups (broad SMARTS) is 1. The largest absolute Gasteiger partial charge is 0.481 e. The summed E-state index contributed by atoms with van der Waals surface area (Å²) < 4.78 is 0. The van der Waals surface area contributed by atoms with Crippen LogP contribution in [0.4, 0.5) is 0 Å². The third-order valence-corrected chi connectivity index (χ3v) is 6.37. The Hall–Kier alpha value is -1.47. The van der Waals surface area contributed by atoms with Crippen LogP contribution in [-0.2, 0) is 11.2 Å². The number of hydrogen-bond donors (Lipinski definition) is 4. The van der Waals surface area contributed by atoms with Gasteiger partial charge in [-0.1, -0.05) is 24.3 Å². The van der Waals surface area contributed by atoms with Crippen molar-refractivity contribution in [3.63, 3.8) is 0 Å². The maximum absolute atomic E-state index is 10.5. The maximum atomic E-state index is 10.5. The second-order valence-corrected chi connectivity index (χ2v) is 8.72. The fourth-order valence-electron chi connectivity index (χ4n) is 3.78. The van der Waals surface area contributed by atoms with E-state index in [1.54, 1.807) is 17.4 Å². The van der Waals surface area contributed by atoms with Crippen LogP contribution in [0.1, 0.15) is 49.0 Å². The van der Waals surface area contributed by atoms with Gasteiger partial charge in [0.1, 0.15) is 0 Å². The number of carbonyl (C=O) groups is 1. The minimum absolute atomic E-state index is 0.0895. The van der Waals surface area contributed by atoms with Crippen molar-refractivity contribution in [1.29, 1.82) is 0 Å². The van der Waals surface area contributed by atoms with E-state index in [0.29, 0.717) is 32.1 Å². The summed E-state index contributed by atoms with van der Waals surface area (Å²) in [6, 6.07) is 2.09. The second-order valence-electron chi connectivity index (χ2n) is 7.60. The first kappa shape index (κ1) is 22.8. The van der Waals surface area contributed by atoms with E-state index in [4.69, 9.17) is 5.11 Å². The average molecular weight is 409 g/mol. The lowest BCUT2D eigenvalue weighted by molar-refractivity contribution is -0.137. The highest BCUT2D eigenvalue weighted by atomic mass is 32.1. The van der Waals surface area contributed by atoms with Crippen molar-refractivity contribution in [1.82, 2.24) is 0 Å².